The van der Waals surface area contributed by atoms with Crippen molar-refractivity contribution >= 4 is 34.2 Å². The number of hydrogen-bond acceptors (Lipinski definition) is 4. The number of ether oxygens (including phenoxy) is 1. The molecule has 10 heteroatoms. The second kappa shape index (κ2) is 9.65. The minimum absolute atomic E-state index is 0.215. The molecular formula is C22H21F3N4O3. The number of urea groups is 1. The van der Waals surface area contributed by atoms with Crippen LogP contribution in [-0.2, 0) is 10.9 Å². The smallest absolute Gasteiger partial charge is 0.383 e. The third-order valence-corrected chi connectivity index (χ3v) is 4.64. The molecule has 0 saturated heterocycles. The Kier molecular flexibility index (Phi) is 6.94. The Balaban J connectivity index is 1.93. The summed E-state index contributed by atoms with van der Waals surface area (Å²) in [5.74, 6) is -0.917. The lowest BCUT2D eigenvalue weighted by molar-refractivity contribution is -0.137. The van der Waals surface area contributed by atoms with E-state index in [4.69, 9.17) is 4.74 Å². The summed E-state index contributed by atoms with van der Waals surface area (Å²) < 4.78 is 44.7. The van der Waals surface area contributed by atoms with Gasteiger partial charge in [0, 0.05) is 25.2 Å². The summed E-state index contributed by atoms with van der Waals surface area (Å²) in [5, 5.41) is 8.42. The highest BCUT2D eigenvalue weighted by atomic mass is 19.4. The Morgan fingerprint density at radius 1 is 1.06 bits per heavy atom. The van der Waals surface area contributed by atoms with E-state index < -0.39 is 29.2 Å². The fourth-order valence-corrected chi connectivity index (χ4v) is 3.13. The Morgan fingerprint density at radius 3 is 2.53 bits per heavy atom. The molecule has 2 aromatic carbocycles. The lowest BCUT2D eigenvalue weighted by Crippen LogP contribution is -2.31. The van der Waals surface area contributed by atoms with Gasteiger partial charge in [0.15, 0.2) is 0 Å². The highest BCUT2D eigenvalue weighted by Gasteiger charge is 2.35. The number of aryl methyl sites for hydroxylation is 1. The number of benzene rings is 2. The van der Waals surface area contributed by atoms with E-state index in [-0.39, 0.29) is 5.69 Å². The van der Waals surface area contributed by atoms with E-state index >= 15 is 0 Å². The zero-order valence-electron chi connectivity index (χ0n) is 17.3. The molecule has 3 rings (SSSR count). The third kappa shape index (κ3) is 5.14. The van der Waals surface area contributed by atoms with Gasteiger partial charge in [-0.05, 0) is 30.7 Å². The van der Waals surface area contributed by atoms with Crippen molar-refractivity contribution in [1.29, 1.82) is 0 Å². The fraction of sp³-hybridized carbons (Fsp3) is 0.227. The normalized spacial score (nSPS) is 11.3. The zero-order chi connectivity index (χ0) is 23.3. The van der Waals surface area contributed by atoms with Crippen LogP contribution in [0.2, 0.25) is 0 Å². The maximum Gasteiger partial charge on any atom is 0.417 e. The first-order chi connectivity index (χ1) is 15.2. The number of methoxy groups -OCH3 is 1. The van der Waals surface area contributed by atoms with Gasteiger partial charge in [0.2, 0.25) is 0 Å². The minimum Gasteiger partial charge on any atom is -0.383 e. The van der Waals surface area contributed by atoms with Crippen LogP contribution < -0.4 is 16.0 Å². The third-order valence-electron chi connectivity index (χ3n) is 4.64. The Labute approximate surface area is 182 Å². The molecule has 0 spiro atoms. The average Bonchev–Trinajstić information content (AvgIpc) is 2.75. The molecule has 3 amide bonds. The van der Waals surface area contributed by atoms with Crippen LogP contribution in [0.5, 0.6) is 0 Å². The molecule has 1 aromatic heterocycles. The molecule has 32 heavy (non-hydrogen) atoms. The van der Waals surface area contributed by atoms with Gasteiger partial charge in [-0.3, -0.25) is 9.78 Å². The molecular weight excluding hydrogens is 425 g/mol. The number of nitrogens with zero attached hydrogens (tertiary/aromatic N) is 1. The van der Waals surface area contributed by atoms with Crippen LogP contribution in [-0.4, -0.2) is 37.2 Å². The fourth-order valence-electron chi connectivity index (χ4n) is 3.13. The minimum atomic E-state index is -4.67. The van der Waals surface area contributed by atoms with Gasteiger partial charge in [0.05, 0.1) is 34.6 Å². The largest absolute Gasteiger partial charge is 0.417 e. The van der Waals surface area contributed by atoms with Gasteiger partial charge in [-0.2, -0.15) is 13.2 Å². The topological polar surface area (TPSA) is 92.3 Å². The maximum absolute atomic E-state index is 13.3. The molecule has 7 nitrogen and oxygen atoms in total. The molecule has 0 fully saturated rings. The first-order valence-electron chi connectivity index (χ1n) is 9.62. The molecule has 0 saturated carbocycles. The number of aromatic nitrogens is 1. The second-order valence-electron chi connectivity index (χ2n) is 6.89. The van der Waals surface area contributed by atoms with Gasteiger partial charge in [0.1, 0.15) is 0 Å². The molecule has 168 valence electrons. The summed E-state index contributed by atoms with van der Waals surface area (Å²) in [7, 11) is 1.52. The van der Waals surface area contributed by atoms with Crippen molar-refractivity contribution in [3.63, 3.8) is 0 Å². The van der Waals surface area contributed by atoms with E-state index in [0.717, 1.165) is 12.1 Å². The van der Waals surface area contributed by atoms with Crippen LogP contribution in [0.3, 0.4) is 0 Å². The van der Waals surface area contributed by atoms with Crippen molar-refractivity contribution in [2.24, 2.45) is 0 Å². The molecule has 3 aromatic rings. The highest BCUT2D eigenvalue weighted by Crippen LogP contribution is 2.33. The molecule has 0 unspecified atom stereocenters. The van der Waals surface area contributed by atoms with E-state index in [1.165, 1.54) is 31.5 Å². The summed E-state index contributed by atoms with van der Waals surface area (Å²) in [6, 6.07) is 8.92. The van der Waals surface area contributed by atoms with Crippen LogP contribution in [0, 0.1) is 6.92 Å². The van der Waals surface area contributed by atoms with Crippen molar-refractivity contribution in [2.75, 3.05) is 30.9 Å². The predicted molar refractivity (Wildman–Crippen MR) is 115 cm³/mol. The average molecular weight is 446 g/mol. The summed E-state index contributed by atoms with van der Waals surface area (Å²) in [6.45, 7) is 2.41. The number of para-hydroxylation sites is 1. The lowest BCUT2D eigenvalue weighted by atomic mass is 10.1. The zero-order valence-corrected chi connectivity index (χ0v) is 17.3. The predicted octanol–water partition coefficient (Wildman–Crippen LogP) is 4.58. The Hall–Kier alpha value is -3.66. The van der Waals surface area contributed by atoms with Crippen LogP contribution in [0.25, 0.3) is 10.9 Å². The van der Waals surface area contributed by atoms with Crippen molar-refractivity contribution in [2.45, 2.75) is 13.1 Å². The summed E-state index contributed by atoms with van der Waals surface area (Å²) in [5.41, 5.74) is 0.147. The molecule has 1 heterocycles. The summed E-state index contributed by atoms with van der Waals surface area (Å²) in [6.07, 6.45) is -3.16. The molecule has 0 aliphatic carbocycles. The van der Waals surface area contributed by atoms with Gasteiger partial charge in [-0.15, -0.1) is 0 Å². The Bertz CT molecular complexity index is 1150. The highest BCUT2D eigenvalue weighted by molar-refractivity contribution is 6.11. The van der Waals surface area contributed by atoms with Gasteiger partial charge >= 0.3 is 12.2 Å². The Morgan fingerprint density at radius 2 is 1.81 bits per heavy atom. The molecule has 0 bridgehead atoms. The van der Waals surface area contributed by atoms with E-state index in [0.29, 0.717) is 35.3 Å². The number of carbonyl (C=O) groups excluding carboxylic acids is 2. The quantitative estimate of drug-likeness (QED) is 0.483. The van der Waals surface area contributed by atoms with E-state index in [9.17, 15) is 22.8 Å². The van der Waals surface area contributed by atoms with E-state index in [2.05, 4.69) is 20.9 Å². The number of rotatable bonds is 6. The number of fused-ring (bicyclic) bond motifs is 1. The maximum atomic E-state index is 13.3. The summed E-state index contributed by atoms with van der Waals surface area (Å²) in [4.78, 5) is 29.2. The number of anilines is 2. The number of alkyl halides is 3. The molecule has 0 atom stereocenters. The number of halogens is 3. The lowest BCUT2D eigenvalue weighted by Gasteiger charge is -2.16. The van der Waals surface area contributed by atoms with Crippen molar-refractivity contribution in [3.8, 4) is 0 Å². The van der Waals surface area contributed by atoms with E-state index in [1.54, 1.807) is 19.1 Å². The molecule has 0 aliphatic heterocycles. The van der Waals surface area contributed by atoms with Gasteiger partial charge in [0.25, 0.3) is 5.91 Å². The second-order valence-corrected chi connectivity index (χ2v) is 6.89. The number of amides is 3. The SMILES string of the molecule is COCCNC(=O)Nc1c(C)cnc2c(NC(=O)c3ccccc3C(F)(F)F)cccc12. The standard InChI is InChI=1S/C22H21F3N4O3/c1-13-12-27-19-15(18(13)29-21(31)26-10-11-32-2)7-5-9-17(19)28-20(30)14-6-3-4-8-16(14)22(23,24)25/h3-9,12H,10-11H2,1-2H3,(H,28,30)(H2,26,27,29,31). The van der Waals surface area contributed by atoms with Gasteiger partial charge in [-0.25, -0.2) is 4.79 Å². The molecule has 0 aliphatic rings. The van der Waals surface area contributed by atoms with Crippen molar-refractivity contribution in [1.82, 2.24) is 10.3 Å². The number of nitrogens with one attached hydrogen (secondary N) is 3. The van der Waals surface area contributed by atoms with Gasteiger partial charge < -0.3 is 20.7 Å². The number of hydrogen-bond donors (Lipinski definition) is 3. The van der Waals surface area contributed by atoms with Crippen molar-refractivity contribution in [3.05, 3.63) is 65.4 Å². The number of carbonyl (C=O) groups is 2. The van der Waals surface area contributed by atoms with E-state index in [1.807, 2.05) is 0 Å². The first kappa shape index (κ1) is 23.0. The van der Waals surface area contributed by atoms with Crippen molar-refractivity contribution < 1.29 is 27.5 Å². The monoisotopic (exact) mass is 446 g/mol. The van der Waals surface area contributed by atoms with Gasteiger partial charge in [-0.1, -0.05) is 24.3 Å². The van der Waals surface area contributed by atoms with Crippen LogP contribution >= 0.6 is 0 Å². The van der Waals surface area contributed by atoms with Crippen LogP contribution in [0.1, 0.15) is 21.5 Å². The number of pyridine rings is 1. The molecule has 0 radical (unpaired) electrons. The van der Waals surface area contributed by atoms with Crippen LogP contribution in [0.4, 0.5) is 29.3 Å². The summed E-state index contributed by atoms with van der Waals surface area (Å²) >= 11 is 0. The van der Waals surface area contributed by atoms with Crippen LogP contribution in [0.15, 0.2) is 48.7 Å². The molecule has 3 N–H and O–H groups in total. The first-order valence-corrected chi connectivity index (χ1v) is 9.62.